The summed E-state index contributed by atoms with van der Waals surface area (Å²) in [5.41, 5.74) is 1.30. The molecule has 0 fully saturated rings. The van der Waals surface area contributed by atoms with Crippen molar-refractivity contribution in [2.45, 2.75) is 12.8 Å². The van der Waals surface area contributed by atoms with Crippen LogP contribution in [0.1, 0.15) is 12.0 Å². The Hall–Kier alpha value is -1.65. The molecular weight excluding hydrogens is 331 g/mol. The summed E-state index contributed by atoms with van der Waals surface area (Å²) in [5.74, 6) is -0.775. The fourth-order valence-corrected chi connectivity index (χ4v) is 2.59. The van der Waals surface area contributed by atoms with Gasteiger partial charge in [0.05, 0.1) is 12.9 Å². The van der Waals surface area contributed by atoms with Crippen molar-refractivity contribution in [3.8, 4) is 11.1 Å². The fraction of sp³-hybridized carbons (Fsp3) is 0.188. The van der Waals surface area contributed by atoms with E-state index in [1.165, 1.54) is 25.3 Å². The zero-order valence-electron chi connectivity index (χ0n) is 11.8. The summed E-state index contributed by atoms with van der Waals surface area (Å²) in [6, 6.07) is 4.85. The van der Waals surface area contributed by atoms with Crippen LogP contribution in [0.15, 0.2) is 36.6 Å². The van der Waals surface area contributed by atoms with Gasteiger partial charge in [-0.25, -0.2) is 13.8 Å². The Labute approximate surface area is 137 Å². The number of ether oxygens (including phenoxy) is 1. The van der Waals surface area contributed by atoms with Crippen molar-refractivity contribution in [2.75, 3.05) is 7.11 Å². The van der Waals surface area contributed by atoms with Crippen molar-refractivity contribution in [3.05, 3.63) is 64.1 Å². The van der Waals surface area contributed by atoms with Crippen molar-refractivity contribution in [1.29, 1.82) is 0 Å². The van der Waals surface area contributed by atoms with E-state index in [0.717, 1.165) is 6.07 Å². The Morgan fingerprint density at radius 2 is 1.95 bits per heavy atom. The molecule has 2 aromatic rings. The van der Waals surface area contributed by atoms with Crippen molar-refractivity contribution >= 4 is 23.2 Å². The van der Waals surface area contributed by atoms with E-state index >= 15 is 0 Å². The van der Waals surface area contributed by atoms with E-state index < -0.39 is 11.6 Å². The minimum Gasteiger partial charge on any atom is -0.502 e. The van der Waals surface area contributed by atoms with Gasteiger partial charge < -0.3 is 4.74 Å². The number of benzene rings is 1. The third-order valence-electron chi connectivity index (χ3n) is 3.21. The maximum Gasteiger partial charge on any atom is 0.134 e. The molecule has 22 heavy (non-hydrogen) atoms. The van der Waals surface area contributed by atoms with Crippen LogP contribution >= 0.6 is 23.2 Å². The van der Waals surface area contributed by atoms with E-state index in [-0.39, 0.29) is 15.9 Å². The molecule has 2 nitrogen and oxygen atoms in total. The van der Waals surface area contributed by atoms with Crippen LogP contribution in [0.5, 0.6) is 0 Å². The summed E-state index contributed by atoms with van der Waals surface area (Å²) >= 11 is 12.0. The molecule has 1 aromatic carbocycles. The lowest BCUT2D eigenvalue weighted by Gasteiger charge is -2.13. The van der Waals surface area contributed by atoms with Crippen LogP contribution in [0.4, 0.5) is 8.78 Å². The zero-order valence-corrected chi connectivity index (χ0v) is 13.3. The number of nitrogens with zero attached hydrogens (tertiary/aromatic N) is 1. The predicted molar refractivity (Wildman–Crippen MR) is 84.1 cm³/mol. The van der Waals surface area contributed by atoms with Crippen LogP contribution in [0, 0.1) is 11.6 Å². The van der Waals surface area contributed by atoms with Crippen LogP contribution in [0.3, 0.4) is 0 Å². The lowest BCUT2D eigenvalue weighted by Crippen LogP contribution is -1.99. The first-order chi connectivity index (χ1) is 10.4. The topological polar surface area (TPSA) is 22.1 Å². The van der Waals surface area contributed by atoms with Gasteiger partial charge >= 0.3 is 0 Å². The van der Waals surface area contributed by atoms with E-state index in [1.54, 1.807) is 0 Å². The van der Waals surface area contributed by atoms with E-state index in [2.05, 4.69) is 11.6 Å². The number of methoxy groups -OCH3 is 1. The summed E-state index contributed by atoms with van der Waals surface area (Å²) in [6.45, 7) is 3.73. The SMILES string of the molecule is C=C(CCc1c(-c2ccc(F)cc2F)cc(Cl)nc1Cl)OC. The monoisotopic (exact) mass is 343 g/mol. The first kappa shape index (κ1) is 16.7. The summed E-state index contributed by atoms with van der Waals surface area (Å²) in [6.07, 6.45) is 0.942. The Bertz CT molecular complexity index is 720. The van der Waals surface area contributed by atoms with Gasteiger partial charge in [0.1, 0.15) is 21.9 Å². The van der Waals surface area contributed by atoms with Crippen LogP contribution < -0.4 is 0 Å². The highest BCUT2D eigenvalue weighted by atomic mass is 35.5. The van der Waals surface area contributed by atoms with Gasteiger partial charge in [0.2, 0.25) is 0 Å². The second-order valence-electron chi connectivity index (χ2n) is 4.63. The molecule has 0 unspecified atom stereocenters. The quantitative estimate of drug-likeness (QED) is 0.533. The molecule has 1 heterocycles. The molecule has 116 valence electrons. The second-order valence-corrected chi connectivity index (χ2v) is 5.37. The zero-order chi connectivity index (χ0) is 16.3. The highest BCUT2D eigenvalue weighted by Gasteiger charge is 2.16. The largest absolute Gasteiger partial charge is 0.502 e. The normalized spacial score (nSPS) is 10.6. The average Bonchev–Trinajstić information content (AvgIpc) is 2.45. The summed E-state index contributed by atoms with van der Waals surface area (Å²) < 4.78 is 32.2. The van der Waals surface area contributed by atoms with E-state index in [4.69, 9.17) is 27.9 Å². The van der Waals surface area contributed by atoms with Gasteiger partial charge in [-0.3, -0.25) is 0 Å². The molecule has 0 aliphatic rings. The van der Waals surface area contributed by atoms with Gasteiger partial charge in [0.25, 0.3) is 0 Å². The van der Waals surface area contributed by atoms with E-state index in [1.807, 2.05) is 0 Å². The van der Waals surface area contributed by atoms with Crippen molar-refractivity contribution in [3.63, 3.8) is 0 Å². The van der Waals surface area contributed by atoms with Gasteiger partial charge in [0.15, 0.2) is 0 Å². The predicted octanol–water partition coefficient (Wildman–Crippen LogP) is 5.43. The molecule has 1 aromatic heterocycles. The fourth-order valence-electron chi connectivity index (χ4n) is 2.06. The Morgan fingerprint density at radius 3 is 2.59 bits per heavy atom. The highest BCUT2D eigenvalue weighted by molar-refractivity contribution is 6.33. The molecule has 0 atom stereocenters. The summed E-state index contributed by atoms with van der Waals surface area (Å²) in [7, 11) is 1.52. The average molecular weight is 344 g/mol. The lowest BCUT2D eigenvalue weighted by atomic mass is 9.98. The molecule has 0 N–H and O–H groups in total. The molecule has 0 aliphatic heterocycles. The van der Waals surface area contributed by atoms with Crippen molar-refractivity contribution in [2.24, 2.45) is 0 Å². The Balaban J connectivity index is 2.51. The minimum absolute atomic E-state index is 0.137. The van der Waals surface area contributed by atoms with Crippen LogP contribution in [-0.4, -0.2) is 12.1 Å². The first-order valence-electron chi connectivity index (χ1n) is 6.44. The number of pyridine rings is 1. The minimum atomic E-state index is -0.690. The number of hydrogen-bond acceptors (Lipinski definition) is 2. The number of rotatable bonds is 5. The molecule has 0 amide bonds. The standard InChI is InChI=1S/C16H13Cl2F2NO/c1-9(22-2)3-5-12-13(8-15(17)21-16(12)18)11-6-4-10(19)7-14(11)20/h4,6-8H,1,3,5H2,2H3. The van der Waals surface area contributed by atoms with Crippen molar-refractivity contribution in [1.82, 2.24) is 4.98 Å². The molecule has 6 heteroatoms. The highest BCUT2D eigenvalue weighted by Crippen LogP contribution is 2.33. The van der Waals surface area contributed by atoms with Crippen LogP contribution in [0.25, 0.3) is 11.1 Å². The number of aromatic nitrogens is 1. The summed E-state index contributed by atoms with van der Waals surface area (Å²) in [4.78, 5) is 3.97. The Kier molecular flexibility index (Phi) is 5.37. The maximum absolute atomic E-state index is 14.1. The molecule has 0 saturated heterocycles. The van der Waals surface area contributed by atoms with Gasteiger partial charge in [-0.1, -0.05) is 29.8 Å². The molecular formula is C16H13Cl2F2NO. The number of halogens is 4. The van der Waals surface area contributed by atoms with Crippen LogP contribution in [-0.2, 0) is 11.2 Å². The number of allylic oxidation sites excluding steroid dienone is 1. The summed E-state index contributed by atoms with van der Waals surface area (Å²) in [5, 5.41) is 0.313. The number of hydrogen-bond donors (Lipinski definition) is 0. The van der Waals surface area contributed by atoms with Crippen molar-refractivity contribution < 1.29 is 13.5 Å². The van der Waals surface area contributed by atoms with Gasteiger partial charge in [-0.2, -0.15) is 0 Å². The molecule has 0 spiro atoms. The van der Waals surface area contributed by atoms with Crippen LogP contribution in [0.2, 0.25) is 10.3 Å². The van der Waals surface area contributed by atoms with E-state index in [0.29, 0.717) is 29.7 Å². The molecule has 0 bridgehead atoms. The van der Waals surface area contributed by atoms with E-state index in [9.17, 15) is 8.78 Å². The van der Waals surface area contributed by atoms with Gasteiger partial charge in [-0.15, -0.1) is 0 Å². The maximum atomic E-state index is 14.1. The third kappa shape index (κ3) is 3.76. The molecule has 0 aliphatic carbocycles. The molecule has 0 radical (unpaired) electrons. The third-order valence-corrected chi connectivity index (χ3v) is 3.71. The first-order valence-corrected chi connectivity index (χ1v) is 7.20. The second kappa shape index (κ2) is 7.07. The smallest absolute Gasteiger partial charge is 0.134 e. The van der Waals surface area contributed by atoms with Gasteiger partial charge in [-0.05, 0) is 35.7 Å². The Morgan fingerprint density at radius 1 is 1.23 bits per heavy atom. The van der Waals surface area contributed by atoms with Gasteiger partial charge in [0, 0.05) is 18.1 Å². The molecule has 2 rings (SSSR count). The molecule has 0 saturated carbocycles. The lowest BCUT2D eigenvalue weighted by molar-refractivity contribution is 0.279.